The highest BCUT2D eigenvalue weighted by atomic mass is 16.6. The van der Waals surface area contributed by atoms with Gasteiger partial charge in [0.25, 0.3) is 0 Å². The molecule has 0 amide bonds. The van der Waals surface area contributed by atoms with Gasteiger partial charge in [0.05, 0.1) is 24.9 Å². The zero-order valence-electron chi connectivity index (χ0n) is 12.2. The highest BCUT2D eigenvalue weighted by Crippen LogP contribution is 2.71. The van der Waals surface area contributed by atoms with Crippen LogP contribution < -0.4 is 0 Å². The lowest BCUT2D eigenvalue weighted by molar-refractivity contribution is -0.182. The third-order valence-corrected chi connectivity index (χ3v) is 6.23. The maximum atomic E-state index is 12.7. The Morgan fingerprint density at radius 1 is 1.25 bits per heavy atom. The fraction of sp³-hybridized carbons (Fsp3) is 0.938. The summed E-state index contributed by atoms with van der Waals surface area (Å²) in [5.41, 5.74) is -1.32. The Hall–Kier alpha value is -0.610. The minimum atomic E-state index is -0.495. The number of carbonyl (C=O) groups is 1. The molecule has 0 aromatic carbocycles. The van der Waals surface area contributed by atoms with Crippen molar-refractivity contribution < 1.29 is 19.4 Å². The maximum Gasteiger partial charge on any atom is 0.314 e. The molecule has 1 heterocycles. The SMILES string of the molecule is COC(=O)[C@]12CCCC(CO)(C1)OC2(C1CC1)C1CC1. The predicted molar refractivity (Wildman–Crippen MR) is 72.0 cm³/mol. The quantitative estimate of drug-likeness (QED) is 0.801. The fourth-order valence-electron chi connectivity index (χ4n) is 5.32. The van der Waals surface area contributed by atoms with Crippen LogP contribution in [-0.4, -0.2) is 36.0 Å². The van der Waals surface area contributed by atoms with Crippen molar-refractivity contribution in [3.63, 3.8) is 0 Å². The molecule has 1 aliphatic heterocycles. The Kier molecular flexibility index (Phi) is 2.60. The molecule has 0 spiro atoms. The number of esters is 1. The van der Waals surface area contributed by atoms with Gasteiger partial charge in [0, 0.05) is 0 Å². The molecule has 4 heteroatoms. The van der Waals surface area contributed by atoms with Gasteiger partial charge in [-0.1, -0.05) is 0 Å². The number of carbonyl (C=O) groups excluding carboxylic acids is 1. The van der Waals surface area contributed by atoms with Gasteiger partial charge in [-0.2, -0.15) is 0 Å². The van der Waals surface area contributed by atoms with Crippen LogP contribution in [0.3, 0.4) is 0 Å². The van der Waals surface area contributed by atoms with E-state index in [9.17, 15) is 9.90 Å². The van der Waals surface area contributed by atoms with Crippen molar-refractivity contribution in [2.75, 3.05) is 13.7 Å². The monoisotopic (exact) mass is 280 g/mol. The van der Waals surface area contributed by atoms with E-state index < -0.39 is 11.0 Å². The van der Waals surface area contributed by atoms with Crippen LogP contribution in [0.2, 0.25) is 0 Å². The molecule has 0 aromatic heterocycles. The Morgan fingerprint density at radius 2 is 1.90 bits per heavy atom. The Morgan fingerprint density at radius 3 is 2.40 bits per heavy atom. The van der Waals surface area contributed by atoms with E-state index in [2.05, 4.69) is 0 Å². The van der Waals surface area contributed by atoms with Crippen LogP contribution in [0.4, 0.5) is 0 Å². The molecular weight excluding hydrogens is 256 g/mol. The van der Waals surface area contributed by atoms with Gasteiger partial charge < -0.3 is 14.6 Å². The molecule has 3 saturated carbocycles. The summed E-state index contributed by atoms with van der Waals surface area (Å²) in [6.45, 7) is 0.0347. The summed E-state index contributed by atoms with van der Waals surface area (Å²) in [6, 6.07) is 0. The zero-order valence-corrected chi connectivity index (χ0v) is 12.2. The fourth-order valence-corrected chi connectivity index (χ4v) is 5.32. The number of rotatable bonds is 4. The average molecular weight is 280 g/mol. The third kappa shape index (κ3) is 1.42. The maximum absolute atomic E-state index is 12.7. The molecule has 4 aliphatic rings. The minimum absolute atomic E-state index is 0.0347. The molecule has 4 nitrogen and oxygen atoms in total. The van der Waals surface area contributed by atoms with E-state index in [1.165, 1.54) is 7.11 Å². The molecule has 1 N–H and O–H groups in total. The van der Waals surface area contributed by atoms with E-state index in [1.807, 2.05) is 0 Å². The molecular formula is C16H24O4. The summed E-state index contributed by atoms with van der Waals surface area (Å²) in [4.78, 5) is 12.7. The number of methoxy groups -OCH3 is 1. The molecule has 0 radical (unpaired) electrons. The van der Waals surface area contributed by atoms with E-state index in [1.54, 1.807) is 0 Å². The van der Waals surface area contributed by atoms with Crippen LogP contribution in [0.5, 0.6) is 0 Å². The number of hydrogen-bond acceptors (Lipinski definition) is 4. The van der Waals surface area contributed by atoms with Gasteiger partial charge in [-0.3, -0.25) is 4.79 Å². The van der Waals surface area contributed by atoms with Crippen molar-refractivity contribution in [2.24, 2.45) is 17.3 Å². The molecule has 0 aromatic rings. The van der Waals surface area contributed by atoms with Crippen LogP contribution in [-0.2, 0) is 14.3 Å². The molecule has 1 saturated heterocycles. The lowest BCUT2D eigenvalue weighted by atomic mass is 9.59. The van der Waals surface area contributed by atoms with Crippen LogP contribution in [0.1, 0.15) is 51.4 Å². The normalized spacial score (nSPS) is 42.5. The first kappa shape index (κ1) is 13.1. The number of aliphatic hydroxyl groups excluding tert-OH is 1. The molecule has 20 heavy (non-hydrogen) atoms. The van der Waals surface area contributed by atoms with Crippen LogP contribution in [0.25, 0.3) is 0 Å². The molecule has 4 rings (SSSR count). The number of fused-ring (bicyclic) bond motifs is 2. The molecule has 112 valence electrons. The topological polar surface area (TPSA) is 55.8 Å². The first-order valence-electron chi connectivity index (χ1n) is 8.02. The largest absolute Gasteiger partial charge is 0.469 e. The average Bonchev–Trinajstić information content (AvgIpc) is 3.36. The van der Waals surface area contributed by atoms with E-state index in [0.717, 1.165) is 44.9 Å². The molecule has 2 bridgehead atoms. The zero-order chi connectivity index (χ0) is 14.0. The smallest absolute Gasteiger partial charge is 0.314 e. The highest BCUT2D eigenvalue weighted by Gasteiger charge is 2.77. The van der Waals surface area contributed by atoms with Crippen molar-refractivity contribution in [1.29, 1.82) is 0 Å². The molecule has 2 atom stereocenters. The van der Waals surface area contributed by atoms with Gasteiger partial charge in [0.15, 0.2) is 0 Å². The number of aliphatic hydroxyl groups is 1. The van der Waals surface area contributed by atoms with E-state index in [-0.39, 0.29) is 18.2 Å². The Labute approximate surface area is 119 Å². The summed E-state index contributed by atoms with van der Waals surface area (Å²) in [6.07, 6.45) is 8.02. The van der Waals surface area contributed by atoms with Crippen LogP contribution >= 0.6 is 0 Å². The van der Waals surface area contributed by atoms with E-state index in [0.29, 0.717) is 18.3 Å². The summed E-state index contributed by atoms with van der Waals surface area (Å²) >= 11 is 0. The summed E-state index contributed by atoms with van der Waals surface area (Å²) in [5, 5.41) is 9.90. The number of hydrogen-bond donors (Lipinski definition) is 1. The first-order chi connectivity index (χ1) is 9.62. The molecule has 1 unspecified atom stereocenters. The lowest BCUT2D eigenvalue weighted by Gasteiger charge is -2.43. The summed E-state index contributed by atoms with van der Waals surface area (Å²) in [7, 11) is 1.50. The molecule has 4 fully saturated rings. The van der Waals surface area contributed by atoms with Crippen molar-refractivity contribution in [2.45, 2.75) is 62.6 Å². The number of ether oxygens (including phenoxy) is 2. The Bertz CT molecular complexity index is 428. The molecule has 3 aliphatic carbocycles. The van der Waals surface area contributed by atoms with Gasteiger partial charge in [-0.15, -0.1) is 0 Å². The Balaban J connectivity index is 1.84. The summed E-state index contributed by atoms with van der Waals surface area (Å²) in [5.74, 6) is 0.910. The standard InChI is InChI=1S/C16H24O4/c1-19-13(18)15-8-2-7-14(9-15,10-17)20-16(15,11-3-4-11)12-5-6-12/h11-12,17H,2-10H2,1H3/t14?,15-/m0/s1. The van der Waals surface area contributed by atoms with Crippen LogP contribution in [0.15, 0.2) is 0 Å². The van der Waals surface area contributed by atoms with Crippen molar-refractivity contribution in [3.8, 4) is 0 Å². The van der Waals surface area contributed by atoms with Gasteiger partial charge in [0.2, 0.25) is 0 Å². The van der Waals surface area contributed by atoms with Crippen molar-refractivity contribution in [3.05, 3.63) is 0 Å². The van der Waals surface area contributed by atoms with Gasteiger partial charge in [0.1, 0.15) is 5.41 Å². The lowest BCUT2D eigenvalue weighted by Crippen LogP contribution is -2.54. The second-order valence-electron chi connectivity index (χ2n) is 7.39. The van der Waals surface area contributed by atoms with E-state index >= 15 is 0 Å². The van der Waals surface area contributed by atoms with Gasteiger partial charge >= 0.3 is 5.97 Å². The van der Waals surface area contributed by atoms with Crippen molar-refractivity contribution >= 4 is 5.97 Å². The van der Waals surface area contributed by atoms with Crippen molar-refractivity contribution in [1.82, 2.24) is 0 Å². The third-order valence-electron chi connectivity index (χ3n) is 6.23. The second-order valence-corrected chi connectivity index (χ2v) is 7.39. The van der Waals surface area contributed by atoms with Crippen LogP contribution in [0, 0.1) is 17.3 Å². The highest BCUT2D eigenvalue weighted by molar-refractivity contribution is 5.80. The summed E-state index contributed by atoms with van der Waals surface area (Å²) < 4.78 is 11.8. The predicted octanol–water partition coefficient (Wildman–Crippen LogP) is 2.04. The van der Waals surface area contributed by atoms with E-state index in [4.69, 9.17) is 9.47 Å². The second kappa shape index (κ2) is 3.98. The minimum Gasteiger partial charge on any atom is -0.469 e. The van der Waals surface area contributed by atoms with Gasteiger partial charge in [-0.05, 0) is 63.2 Å². The first-order valence-corrected chi connectivity index (χ1v) is 8.02. The van der Waals surface area contributed by atoms with Gasteiger partial charge in [-0.25, -0.2) is 0 Å².